The van der Waals surface area contributed by atoms with E-state index in [0.29, 0.717) is 5.69 Å². The van der Waals surface area contributed by atoms with Gasteiger partial charge in [-0.25, -0.2) is 4.98 Å². The standard InChI is InChI=1S/C16H19N3OS/c1-2-17-11-6-7-14(18-10-11)16(20)19-13-4-3-5-15-12(13)8-9-21-15/h6-10,13,17H,2-5H2,1H3,(H,19,20). The summed E-state index contributed by atoms with van der Waals surface area (Å²) >= 11 is 1.78. The number of pyridine rings is 1. The number of nitrogens with zero attached hydrogens (tertiary/aromatic N) is 1. The molecule has 3 rings (SSSR count). The Kier molecular flexibility index (Phi) is 4.20. The first-order chi connectivity index (χ1) is 10.3. The van der Waals surface area contributed by atoms with E-state index in [-0.39, 0.29) is 11.9 Å². The molecule has 1 atom stereocenters. The van der Waals surface area contributed by atoms with E-state index < -0.39 is 0 Å². The summed E-state index contributed by atoms with van der Waals surface area (Å²) in [6, 6.07) is 5.92. The summed E-state index contributed by atoms with van der Waals surface area (Å²) in [4.78, 5) is 18.0. The zero-order valence-corrected chi connectivity index (χ0v) is 12.9. The quantitative estimate of drug-likeness (QED) is 0.910. The van der Waals surface area contributed by atoms with Crippen molar-refractivity contribution in [1.29, 1.82) is 0 Å². The molecule has 2 aromatic rings. The summed E-state index contributed by atoms with van der Waals surface area (Å²) in [5.74, 6) is -0.0953. The van der Waals surface area contributed by atoms with E-state index in [0.717, 1.165) is 31.5 Å². The van der Waals surface area contributed by atoms with Crippen LogP contribution in [0.2, 0.25) is 0 Å². The minimum Gasteiger partial charge on any atom is -0.384 e. The molecule has 5 heteroatoms. The number of hydrogen-bond acceptors (Lipinski definition) is 4. The number of amides is 1. The van der Waals surface area contributed by atoms with Crippen LogP contribution in [0.3, 0.4) is 0 Å². The molecule has 1 aliphatic rings. The van der Waals surface area contributed by atoms with E-state index in [1.165, 1.54) is 10.4 Å². The van der Waals surface area contributed by atoms with Crippen LogP contribution in [0.4, 0.5) is 5.69 Å². The summed E-state index contributed by atoms with van der Waals surface area (Å²) in [6.07, 6.45) is 4.97. The number of hydrogen-bond donors (Lipinski definition) is 2. The van der Waals surface area contributed by atoms with Crippen LogP contribution in [0.1, 0.15) is 46.7 Å². The van der Waals surface area contributed by atoms with Gasteiger partial charge in [0.2, 0.25) is 0 Å². The second-order valence-electron chi connectivity index (χ2n) is 5.18. The van der Waals surface area contributed by atoms with Gasteiger partial charge in [0.05, 0.1) is 17.9 Å². The maximum absolute atomic E-state index is 12.3. The van der Waals surface area contributed by atoms with E-state index in [2.05, 4.69) is 27.1 Å². The Morgan fingerprint density at radius 3 is 3.10 bits per heavy atom. The Morgan fingerprint density at radius 2 is 2.33 bits per heavy atom. The van der Waals surface area contributed by atoms with Gasteiger partial charge < -0.3 is 10.6 Å². The first-order valence-electron chi connectivity index (χ1n) is 7.35. The molecular weight excluding hydrogens is 282 g/mol. The Balaban J connectivity index is 1.70. The largest absolute Gasteiger partial charge is 0.384 e. The van der Waals surface area contributed by atoms with Crippen molar-refractivity contribution in [3.63, 3.8) is 0 Å². The van der Waals surface area contributed by atoms with Crippen molar-refractivity contribution < 1.29 is 4.79 Å². The SMILES string of the molecule is CCNc1ccc(C(=O)NC2CCCc3sccc32)nc1. The third kappa shape index (κ3) is 3.08. The van der Waals surface area contributed by atoms with Crippen LogP contribution in [0.5, 0.6) is 0 Å². The van der Waals surface area contributed by atoms with Crippen LogP contribution in [0.25, 0.3) is 0 Å². The molecule has 0 saturated heterocycles. The number of anilines is 1. The maximum Gasteiger partial charge on any atom is 0.270 e. The van der Waals surface area contributed by atoms with E-state index in [1.807, 2.05) is 13.0 Å². The Morgan fingerprint density at radius 1 is 1.43 bits per heavy atom. The van der Waals surface area contributed by atoms with Gasteiger partial charge in [0.25, 0.3) is 5.91 Å². The van der Waals surface area contributed by atoms with Crippen LogP contribution in [0, 0.1) is 0 Å². The third-order valence-corrected chi connectivity index (χ3v) is 4.73. The van der Waals surface area contributed by atoms with E-state index in [9.17, 15) is 4.79 Å². The molecule has 1 aliphatic carbocycles. The second-order valence-corrected chi connectivity index (χ2v) is 6.18. The highest BCUT2D eigenvalue weighted by molar-refractivity contribution is 7.10. The first kappa shape index (κ1) is 14.1. The number of fused-ring (bicyclic) bond motifs is 1. The molecular formula is C16H19N3OS. The zero-order chi connectivity index (χ0) is 14.7. The molecule has 0 radical (unpaired) electrons. The predicted molar refractivity (Wildman–Crippen MR) is 85.9 cm³/mol. The lowest BCUT2D eigenvalue weighted by Crippen LogP contribution is -2.30. The van der Waals surface area contributed by atoms with Gasteiger partial charge in [-0.15, -0.1) is 11.3 Å². The summed E-state index contributed by atoms with van der Waals surface area (Å²) in [6.45, 7) is 2.87. The minimum absolute atomic E-state index is 0.0953. The van der Waals surface area contributed by atoms with Gasteiger partial charge in [-0.3, -0.25) is 4.79 Å². The molecule has 4 nitrogen and oxygen atoms in total. The van der Waals surface area contributed by atoms with Gasteiger partial charge in [-0.1, -0.05) is 0 Å². The fraction of sp³-hybridized carbons (Fsp3) is 0.375. The molecule has 0 saturated carbocycles. The number of aromatic nitrogens is 1. The number of rotatable bonds is 4. The Hall–Kier alpha value is -1.88. The molecule has 21 heavy (non-hydrogen) atoms. The molecule has 1 amide bonds. The summed E-state index contributed by atoms with van der Waals surface area (Å²) in [5.41, 5.74) is 2.69. The highest BCUT2D eigenvalue weighted by Gasteiger charge is 2.23. The molecule has 2 aromatic heterocycles. The lowest BCUT2D eigenvalue weighted by Gasteiger charge is -2.23. The maximum atomic E-state index is 12.3. The first-order valence-corrected chi connectivity index (χ1v) is 8.23. The summed E-state index contributed by atoms with van der Waals surface area (Å²) in [5, 5.41) is 8.40. The van der Waals surface area contributed by atoms with Crippen LogP contribution >= 0.6 is 11.3 Å². The van der Waals surface area contributed by atoms with Crippen molar-refractivity contribution in [2.24, 2.45) is 0 Å². The van der Waals surface area contributed by atoms with Gasteiger partial charge in [0.1, 0.15) is 5.69 Å². The molecule has 110 valence electrons. The third-order valence-electron chi connectivity index (χ3n) is 3.73. The number of nitrogens with one attached hydrogen (secondary N) is 2. The minimum atomic E-state index is -0.0953. The molecule has 2 N–H and O–H groups in total. The fourth-order valence-corrected chi connectivity index (χ4v) is 3.69. The van der Waals surface area contributed by atoms with Gasteiger partial charge >= 0.3 is 0 Å². The van der Waals surface area contributed by atoms with Crippen molar-refractivity contribution in [3.8, 4) is 0 Å². The lowest BCUT2D eigenvalue weighted by molar-refractivity contribution is 0.0928. The molecule has 0 bridgehead atoms. The van der Waals surface area contributed by atoms with Gasteiger partial charge in [-0.2, -0.15) is 0 Å². The molecule has 0 spiro atoms. The van der Waals surface area contributed by atoms with Crippen LogP contribution in [-0.4, -0.2) is 17.4 Å². The second kappa shape index (κ2) is 6.26. The average molecular weight is 301 g/mol. The highest BCUT2D eigenvalue weighted by atomic mass is 32.1. The highest BCUT2D eigenvalue weighted by Crippen LogP contribution is 2.33. The van der Waals surface area contributed by atoms with Crippen LogP contribution in [-0.2, 0) is 6.42 Å². The van der Waals surface area contributed by atoms with E-state index >= 15 is 0 Å². The number of carbonyl (C=O) groups is 1. The lowest BCUT2D eigenvalue weighted by atomic mass is 9.94. The van der Waals surface area contributed by atoms with Crippen LogP contribution < -0.4 is 10.6 Å². The van der Waals surface area contributed by atoms with Crippen molar-refractivity contribution in [1.82, 2.24) is 10.3 Å². The molecule has 0 fully saturated rings. The molecule has 2 heterocycles. The fourth-order valence-electron chi connectivity index (χ4n) is 2.71. The van der Waals surface area contributed by atoms with Gasteiger partial charge in [-0.05, 0) is 55.3 Å². The molecule has 0 aliphatic heterocycles. The number of thiophene rings is 1. The predicted octanol–water partition coefficient (Wildman–Crippen LogP) is 3.38. The van der Waals surface area contributed by atoms with Crippen LogP contribution in [0.15, 0.2) is 29.8 Å². The van der Waals surface area contributed by atoms with E-state index in [1.54, 1.807) is 23.6 Å². The van der Waals surface area contributed by atoms with Crippen molar-refractivity contribution in [2.75, 3.05) is 11.9 Å². The zero-order valence-electron chi connectivity index (χ0n) is 12.1. The normalized spacial score (nSPS) is 17.1. The Bertz CT molecular complexity index is 621. The summed E-state index contributed by atoms with van der Waals surface area (Å²) < 4.78 is 0. The smallest absolute Gasteiger partial charge is 0.270 e. The van der Waals surface area contributed by atoms with E-state index in [4.69, 9.17) is 0 Å². The molecule has 1 unspecified atom stereocenters. The van der Waals surface area contributed by atoms with Crippen molar-refractivity contribution in [3.05, 3.63) is 45.9 Å². The average Bonchev–Trinajstić information content (AvgIpc) is 2.98. The number of aryl methyl sites for hydroxylation is 1. The Labute approximate surface area is 128 Å². The molecule has 0 aromatic carbocycles. The summed E-state index contributed by atoms with van der Waals surface area (Å²) in [7, 11) is 0. The monoisotopic (exact) mass is 301 g/mol. The van der Waals surface area contributed by atoms with Crippen molar-refractivity contribution in [2.45, 2.75) is 32.2 Å². The topological polar surface area (TPSA) is 54.0 Å². The van der Waals surface area contributed by atoms with Crippen molar-refractivity contribution >= 4 is 22.9 Å². The van der Waals surface area contributed by atoms with Gasteiger partial charge in [0.15, 0.2) is 0 Å². The van der Waals surface area contributed by atoms with Gasteiger partial charge in [0, 0.05) is 11.4 Å². The number of carbonyl (C=O) groups excluding carboxylic acids is 1.